The molecule has 1 saturated heterocycles. The molecule has 1 aliphatic carbocycles. The molecule has 28 heavy (non-hydrogen) atoms. The van der Waals surface area contributed by atoms with Gasteiger partial charge in [-0.3, -0.25) is 4.79 Å². The molecule has 2 aliphatic rings. The number of piperidine rings is 1. The average molecular weight is 385 g/mol. The molecule has 0 radical (unpaired) electrons. The number of likely N-dealkylation sites (tertiary alicyclic amines) is 1. The molecule has 2 aromatic rings. The van der Waals surface area contributed by atoms with Gasteiger partial charge in [0, 0.05) is 19.6 Å². The van der Waals surface area contributed by atoms with E-state index in [4.69, 9.17) is 0 Å². The van der Waals surface area contributed by atoms with Gasteiger partial charge in [-0.15, -0.1) is 0 Å². The van der Waals surface area contributed by atoms with Crippen LogP contribution in [0.4, 0.5) is 0 Å². The van der Waals surface area contributed by atoms with Crippen LogP contribution < -0.4 is 5.32 Å². The number of rotatable bonds is 6. The van der Waals surface area contributed by atoms with Crippen LogP contribution in [0.2, 0.25) is 0 Å². The van der Waals surface area contributed by atoms with Crippen molar-refractivity contribution < 1.29 is 9.90 Å². The highest BCUT2D eigenvalue weighted by Crippen LogP contribution is 2.28. The Morgan fingerprint density at radius 1 is 1.29 bits per heavy atom. The highest BCUT2D eigenvalue weighted by Gasteiger charge is 2.42. The molecule has 1 saturated carbocycles. The zero-order chi connectivity index (χ0) is 19.6. The van der Waals surface area contributed by atoms with Crippen molar-refractivity contribution in [2.24, 2.45) is 5.92 Å². The van der Waals surface area contributed by atoms with Crippen LogP contribution in [0.5, 0.6) is 0 Å². The Morgan fingerprint density at radius 2 is 2.11 bits per heavy atom. The zero-order valence-corrected chi connectivity index (χ0v) is 16.8. The monoisotopic (exact) mass is 384 g/mol. The number of aromatic amines is 1. The van der Waals surface area contributed by atoms with Crippen molar-refractivity contribution in [3.8, 4) is 0 Å². The molecule has 152 valence electrons. The van der Waals surface area contributed by atoms with Crippen molar-refractivity contribution in [2.45, 2.75) is 64.0 Å². The zero-order valence-electron chi connectivity index (χ0n) is 16.8. The van der Waals surface area contributed by atoms with E-state index in [1.807, 2.05) is 17.0 Å². The van der Waals surface area contributed by atoms with Crippen molar-refractivity contribution in [1.82, 2.24) is 20.2 Å². The minimum Gasteiger partial charge on any atom is -0.379 e. The Morgan fingerprint density at radius 3 is 2.93 bits per heavy atom. The summed E-state index contributed by atoms with van der Waals surface area (Å²) in [6, 6.07) is 6.13. The molecule has 3 N–H and O–H groups in total. The lowest BCUT2D eigenvalue weighted by Gasteiger charge is -2.40. The Kier molecular flexibility index (Phi) is 5.69. The molecule has 0 bridgehead atoms. The van der Waals surface area contributed by atoms with Crippen LogP contribution in [0, 0.1) is 12.8 Å². The predicted molar refractivity (Wildman–Crippen MR) is 110 cm³/mol. The molecule has 1 atom stereocenters. The number of carbonyl (C=O) groups is 1. The lowest BCUT2D eigenvalue weighted by atomic mass is 9.86. The van der Waals surface area contributed by atoms with E-state index in [9.17, 15) is 9.90 Å². The topological polar surface area (TPSA) is 81.2 Å². The number of amides is 1. The lowest BCUT2D eigenvalue weighted by Crippen LogP contribution is -2.58. The SMILES string of the molecule is Cc1ccc2nc(CNC[C@@]3(O)CCCN(CC4CCCCC4)C3=O)[nH]c2c1. The maximum Gasteiger partial charge on any atom is 0.255 e. The number of nitrogens with zero attached hydrogens (tertiary/aromatic N) is 2. The molecule has 2 heterocycles. The van der Waals surface area contributed by atoms with Crippen molar-refractivity contribution in [1.29, 1.82) is 0 Å². The fourth-order valence-electron chi connectivity index (χ4n) is 4.73. The number of benzene rings is 1. The Labute approximate surface area is 166 Å². The van der Waals surface area contributed by atoms with Gasteiger partial charge in [-0.1, -0.05) is 25.3 Å². The standard InChI is InChI=1S/C22H32N4O2/c1-16-8-9-18-19(12-16)25-20(24-18)13-23-15-22(28)10-5-11-26(21(22)27)14-17-6-3-2-4-7-17/h8-9,12,17,23,28H,2-7,10-11,13-15H2,1H3,(H,24,25)/t22-/m0/s1. The molecule has 1 aliphatic heterocycles. The summed E-state index contributed by atoms with van der Waals surface area (Å²) in [5.74, 6) is 1.33. The first-order valence-electron chi connectivity index (χ1n) is 10.7. The molecule has 6 nitrogen and oxygen atoms in total. The molecule has 1 aromatic carbocycles. The van der Waals surface area contributed by atoms with Crippen LogP contribution in [0.1, 0.15) is 56.3 Å². The third-order valence-electron chi connectivity index (χ3n) is 6.30. The predicted octanol–water partition coefficient (Wildman–Crippen LogP) is 2.89. The second kappa shape index (κ2) is 8.21. The molecular formula is C22H32N4O2. The number of hydrogen-bond acceptors (Lipinski definition) is 4. The Balaban J connectivity index is 1.33. The number of hydrogen-bond donors (Lipinski definition) is 3. The lowest BCUT2D eigenvalue weighted by molar-refractivity contribution is -0.157. The van der Waals surface area contributed by atoms with Crippen molar-refractivity contribution in [2.75, 3.05) is 19.6 Å². The number of aromatic nitrogens is 2. The van der Waals surface area contributed by atoms with Crippen LogP contribution in [0.15, 0.2) is 18.2 Å². The quantitative estimate of drug-likeness (QED) is 0.715. The summed E-state index contributed by atoms with van der Waals surface area (Å²) in [7, 11) is 0. The summed E-state index contributed by atoms with van der Waals surface area (Å²) in [4.78, 5) is 22.7. The maximum absolute atomic E-state index is 13.0. The third kappa shape index (κ3) is 4.23. The highest BCUT2D eigenvalue weighted by atomic mass is 16.3. The number of imidazole rings is 1. The summed E-state index contributed by atoms with van der Waals surface area (Å²) in [5.41, 5.74) is 1.85. The fourth-order valence-corrected chi connectivity index (χ4v) is 4.73. The van der Waals surface area contributed by atoms with Gasteiger partial charge in [-0.05, 0) is 56.2 Å². The van der Waals surface area contributed by atoms with Crippen LogP contribution in [0.3, 0.4) is 0 Å². The van der Waals surface area contributed by atoms with E-state index < -0.39 is 5.60 Å². The molecular weight excluding hydrogens is 352 g/mol. The van der Waals surface area contributed by atoms with Crippen LogP contribution in [-0.2, 0) is 11.3 Å². The van der Waals surface area contributed by atoms with E-state index in [0.29, 0.717) is 18.9 Å². The Hall–Kier alpha value is -1.92. The number of fused-ring (bicyclic) bond motifs is 1. The van der Waals surface area contributed by atoms with E-state index in [0.717, 1.165) is 36.4 Å². The van der Waals surface area contributed by atoms with Gasteiger partial charge in [-0.25, -0.2) is 4.98 Å². The van der Waals surface area contributed by atoms with Gasteiger partial charge in [0.25, 0.3) is 5.91 Å². The van der Waals surface area contributed by atoms with Crippen molar-refractivity contribution >= 4 is 16.9 Å². The fraction of sp³-hybridized carbons (Fsp3) is 0.636. The van der Waals surface area contributed by atoms with Crippen molar-refractivity contribution in [3.05, 3.63) is 29.6 Å². The van der Waals surface area contributed by atoms with Gasteiger partial charge < -0.3 is 20.3 Å². The van der Waals surface area contributed by atoms with Crippen LogP contribution in [-0.4, -0.2) is 51.1 Å². The number of nitrogens with one attached hydrogen (secondary N) is 2. The molecule has 0 unspecified atom stereocenters. The van der Waals surface area contributed by atoms with Gasteiger partial charge in [0.1, 0.15) is 5.82 Å². The van der Waals surface area contributed by atoms with Gasteiger partial charge in [0.2, 0.25) is 0 Å². The first kappa shape index (κ1) is 19.4. The highest BCUT2D eigenvalue weighted by molar-refractivity contribution is 5.86. The van der Waals surface area contributed by atoms with E-state index in [1.165, 1.54) is 37.7 Å². The van der Waals surface area contributed by atoms with Crippen LogP contribution in [0.25, 0.3) is 11.0 Å². The van der Waals surface area contributed by atoms with Crippen LogP contribution >= 0.6 is 0 Å². The Bertz CT molecular complexity index is 827. The summed E-state index contributed by atoms with van der Waals surface area (Å²) in [6.45, 7) is 4.42. The van der Waals surface area contributed by atoms with Gasteiger partial charge >= 0.3 is 0 Å². The number of carbonyl (C=O) groups excluding carboxylic acids is 1. The first-order valence-corrected chi connectivity index (χ1v) is 10.7. The molecule has 4 rings (SSSR count). The van der Waals surface area contributed by atoms with Gasteiger partial charge in [-0.2, -0.15) is 0 Å². The smallest absolute Gasteiger partial charge is 0.255 e. The minimum atomic E-state index is -1.30. The largest absolute Gasteiger partial charge is 0.379 e. The first-order chi connectivity index (χ1) is 13.5. The average Bonchev–Trinajstić information content (AvgIpc) is 3.08. The summed E-state index contributed by atoms with van der Waals surface area (Å²) < 4.78 is 0. The molecule has 1 aromatic heterocycles. The van der Waals surface area contributed by atoms with E-state index in [2.05, 4.69) is 28.3 Å². The molecule has 1 amide bonds. The van der Waals surface area contributed by atoms with E-state index >= 15 is 0 Å². The maximum atomic E-state index is 13.0. The molecule has 2 fully saturated rings. The molecule has 0 spiro atoms. The number of aryl methyl sites for hydroxylation is 1. The second-order valence-corrected chi connectivity index (χ2v) is 8.70. The number of H-pyrrole nitrogens is 1. The third-order valence-corrected chi connectivity index (χ3v) is 6.30. The summed E-state index contributed by atoms with van der Waals surface area (Å²) >= 11 is 0. The van der Waals surface area contributed by atoms with Gasteiger partial charge in [0.15, 0.2) is 5.60 Å². The second-order valence-electron chi connectivity index (χ2n) is 8.70. The molecule has 6 heteroatoms. The number of aliphatic hydroxyl groups is 1. The normalized spacial score (nSPS) is 24.2. The van der Waals surface area contributed by atoms with E-state index in [-0.39, 0.29) is 12.5 Å². The van der Waals surface area contributed by atoms with Gasteiger partial charge in [0.05, 0.1) is 17.6 Å². The van der Waals surface area contributed by atoms with E-state index in [1.54, 1.807) is 0 Å². The minimum absolute atomic E-state index is 0.0999. The van der Waals surface area contributed by atoms with Crippen molar-refractivity contribution in [3.63, 3.8) is 0 Å². The summed E-state index contributed by atoms with van der Waals surface area (Å²) in [5, 5.41) is 14.3. The summed E-state index contributed by atoms with van der Waals surface area (Å²) in [6.07, 6.45) is 7.68.